The maximum Gasteiger partial charge on any atom is 0.272 e. The minimum Gasteiger partial charge on any atom is -0.385 e. The first-order valence-corrected chi connectivity index (χ1v) is 8.29. The predicted octanol–water partition coefficient (Wildman–Crippen LogP) is 1.66. The van der Waals surface area contributed by atoms with Gasteiger partial charge in [0, 0.05) is 57.0 Å². The second-order valence-corrected chi connectivity index (χ2v) is 5.68. The molecule has 24 heavy (non-hydrogen) atoms. The van der Waals surface area contributed by atoms with E-state index in [9.17, 15) is 4.79 Å². The van der Waals surface area contributed by atoms with Gasteiger partial charge in [-0.3, -0.25) is 9.78 Å². The van der Waals surface area contributed by atoms with Crippen molar-refractivity contribution in [2.75, 3.05) is 42.9 Å². The van der Waals surface area contributed by atoms with Gasteiger partial charge in [0.25, 0.3) is 5.91 Å². The summed E-state index contributed by atoms with van der Waals surface area (Å²) in [6, 6.07) is 5.51. The Morgan fingerprint density at radius 3 is 2.58 bits per heavy atom. The fourth-order valence-corrected chi connectivity index (χ4v) is 2.65. The number of piperazine rings is 1. The monoisotopic (exact) mass is 326 g/mol. The van der Waals surface area contributed by atoms with Crippen molar-refractivity contribution in [2.45, 2.75) is 13.3 Å². The third-order valence-electron chi connectivity index (χ3n) is 3.96. The van der Waals surface area contributed by atoms with Gasteiger partial charge < -0.3 is 15.1 Å². The zero-order chi connectivity index (χ0) is 16.8. The lowest BCUT2D eigenvalue weighted by Crippen LogP contribution is -2.49. The highest BCUT2D eigenvalue weighted by atomic mass is 16.2. The molecular weight excluding hydrogens is 304 g/mol. The van der Waals surface area contributed by atoms with Crippen LogP contribution >= 0.6 is 0 Å². The SMILES string of the molecule is CCCNc1ccnc(C(=O)N2CCN(c3ncccn3)CC2)c1. The van der Waals surface area contributed by atoms with Crippen molar-refractivity contribution in [1.82, 2.24) is 19.9 Å². The van der Waals surface area contributed by atoms with Gasteiger partial charge in [0.2, 0.25) is 5.95 Å². The van der Waals surface area contributed by atoms with E-state index in [0.717, 1.165) is 31.7 Å². The summed E-state index contributed by atoms with van der Waals surface area (Å²) >= 11 is 0. The molecule has 1 amide bonds. The normalized spacial score (nSPS) is 14.5. The number of carbonyl (C=O) groups excluding carboxylic acids is 1. The standard InChI is InChI=1S/C17H22N6O/c1-2-5-18-14-4-8-19-15(13-14)16(24)22-9-11-23(12-10-22)17-20-6-3-7-21-17/h3-4,6-8,13H,2,5,9-12H2,1H3,(H,18,19). The summed E-state index contributed by atoms with van der Waals surface area (Å²) in [7, 11) is 0. The number of amides is 1. The van der Waals surface area contributed by atoms with Crippen molar-refractivity contribution in [3.05, 3.63) is 42.5 Å². The summed E-state index contributed by atoms with van der Waals surface area (Å²) in [5.74, 6) is 0.692. The fraction of sp³-hybridized carbons (Fsp3) is 0.412. The average Bonchev–Trinajstić information content (AvgIpc) is 2.67. The summed E-state index contributed by atoms with van der Waals surface area (Å²) < 4.78 is 0. The number of carbonyl (C=O) groups is 1. The van der Waals surface area contributed by atoms with E-state index >= 15 is 0 Å². The molecule has 2 aromatic heterocycles. The second-order valence-electron chi connectivity index (χ2n) is 5.68. The van der Waals surface area contributed by atoms with Gasteiger partial charge in [0.15, 0.2) is 0 Å². The van der Waals surface area contributed by atoms with E-state index in [4.69, 9.17) is 0 Å². The lowest BCUT2D eigenvalue weighted by atomic mass is 10.2. The van der Waals surface area contributed by atoms with Crippen LogP contribution in [0.15, 0.2) is 36.8 Å². The van der Waals surface area contributed by atoms with E-state index in [1.54, 1.807) is 24.7 Å². The van der Waals surface area contributed by atoms with Gasteiger partial charge >= 0.3 is 0 Å². The quantitative estimate of drug-likeness (QED) is 0.901. The van der Waals surface area contributed by atoms with Crippen LogP contribution in [0.5, 0.6) is 0 Å². The third kappa shape index (κ3) is 3.79. The molecule has 7 heteroatoms. The Hall–Kier alpha value is -2.70. The molecule has 0 radical (unpaired) electrons. The van der Waals surface area contributed by atoms with Crippen LogP contribution in [0.3, 0.4) is 0 Å². The Labute approximate surface area is 141 Å². The number of aromatic nitrogens is 3. The second kappa shape index (κ2) is 7.72. The first-order chi connectivity index (χ1) is 11.8. The number of anilines is 2. The Bertz CT molecular complexity index is 670. The molecule has 0 unspecified atom stereocenters. The molecule has 1 saturated heterocycles. The summed E-state index contributed by atoms with van der Waals surface area (Å²) in [6.45, 7) is 5.73. The fourth-order valence-electron chi connectivity index (χ4n) is 2.65. The van der Waals surface area contributed by atoms with E-state index in [2.05, 4.69) is 32.1 Å². The highest BCUT2D eigenvalue weighted by Gasteiger charge is 2.24. The number of rotatable bonds is 5. The van der Waals surface area contributed by atoms with Crippen LogP contribution in [0.2, 0.25) is 0 Å². The Balaban J connectivity index is 1.61. The van der Waals surface area contributed by atoms with E-state index < -0.39 is 0 Å². The van der Waals surface area contributed by atoms with Crippen LogP contribution in [-0.4, -0.2) is 58.5 Å². The molecule has 0 atom stereocenters. The van der Waals surface area contributed by atoms with E-state index in [1.807, 2.05) is 17.0 Å². The van der Waals surface area contributed by atoms with Crippen LogP contribution in [0.25, 0.3) is 0 Å². The lowest BCUT2D eigenvalue weighted by Gasteiger charge is -2.34. The van der Waals surface area contributed by atoms with Crippen molar-refractivity contribution in [1.29, 1.82) is 0 Å². The molecule has 1 N–H and O–H groups in total. The van der Waals surface area contributed by atoms with E-state index in [-0.39, 0.29) is 5.91 Å². The van der Waals surface area contributed by atoms with Crippen LogP contribution in [0.1, 0.15) is 23.8 Å². The summed E-state index contributed by atoms with van der Waals surface area (Å²) in [5, 5.41) is 3.29. The number of hydrogen-bond acceptors (Lipinski definition) is 6. The van der Waals surface area contributed by atoms with Gasteiger partial charge in [-0.2, -0.15) is 0 Å². The molecule has 0 saturated carbocycles. The highest BCUT2D eigenvalue weighted by molar-refractivity contribution is 5.93. The summed E-state index contributed by atoms with van der Waals surface area (Å²) in [6.07, 6.45) is 6.19. The van der Waals surface area contributed by atoms with Crippen molar-refractivity contribution in [3.8, 4) is 0 Å². The Morgan fingerprint density at radius 1 is 1.12 bits per heavy atom. The number of hydrogen-bond donors (Lipinski definition) is 1. The van der Waals surface area contributed by atoms with Gasteiger partial charge in [0.1, 0.15) is 5.69 Å². The van der Waals surface area contributed by atoms with Gasteiger partial charge in [-0.25, -0.2) is 9.97 Å². The molecule has 0 aromatic carbocycles. The summed E-state index contributed by atoms with van der Waals surface area (Å²) in [4.78, 5) is 29.3. The largest absolute Gasteiger partial charge is 0.385 e. The predicted molar refractivity (Wildman–Crippen MR) is 93.2 cm³/mol. The average molecular weight is 326 g/mol. The Kier molecular flexibility index (Phi) is 5.20. The van der Waals surface area contributed by atoms with Crippen molar-refractivity contribution >= 4 is 17.5 Å². The number of pyridine rings is 1. The van der Waals surface area contributed by atoms with Crippen LogP contribution in [-0.2, 0) is 0 Å². The smallest absolute Gasteiger partial charge is 0.272 e. The van der Waals surface area contributed by atoms with Crippen LogP contribution in [0, 0.1) is 0 Å². The van der Waals surface area contributed by atoms with Crippen molar-refractivity contribution in [3.63, 3.8) is 0 Å². The molecule has 0 spiro atoms. The zero-order valence-electron chi connectivity index (χ0n) is 13.9. The number of nitrogens with one attached hydrogen (secondary N) is 1. The van der Waals surface area contributed by atoms with E-state index in [1.165, 1.54) is 0 Å². The molecule has 0 aliphatic carbocycles. The molecule has 1 fully saturated rings. The molecule has 1 aliphatic rings. The molecule has 126 valence electrons. The number of nitrogens with zero attached hydrogens (tertiary/aromatic N) is 5. The Morgan fingerprint density at radius 2 is 1.88 bits per heavy atom. The maximum absolute atomic E-state index is 12.7. The molecule has 3 rings (SSSR count). The molecule has 7 nitrogen and oxygen atoms in total. The van der Waals surface area contributed by atoms with E-state index in [0.29, 0.717) is 24.7 Å². The first-order valence-electron chi connectivity index (χ1n) is 8.29. The third-order valence-corrected chi connectivity index (χ3v) is 3.96. The highest BCUT2D eigenvalue weighted by Crippen LogP contribution is 2.14. The minimum absolute atomic E-state index is 0.0243. The zero-order valence-corrected chi connectivity index (χ0v) is 13.9. The first kappa shape index (κ1) is 16.2. The van der Waals surface area contributed by atoms with Crippen LogP contribution in [0.4, 0.5) is 11.6 Å². The lowest BCUT2D eigenvalue weighted by molar-refractivity contribution is 0.0740. The molecular formula is C17H22N6O. The maximum atomic E-state index is 12.7. The molecule has 1 aliphatic heterocycles. The minimum atomic E-state index is -0.0243. The van der Waals surface area contributed by atoms with Crippen LogP contribution < -0.4 is 10.2 Å². The van der Waals surface area contributed by atoms with Gasteiger partial charge in [-0.1, -0.05) is 6.92 Å². The summed E-state index contributed by atoms with van der Waals surface area (Å²) in [5.41, 5.74) is 1.42. The van der Waals surface area contributed by atoms with Gasteiger partial charge in [-0.15, -0.1) is 0 Å². The molecule has 2 aromatic rings. The molecule has 3 heterocycles. The van der Waals surface area contributed by atoms with Crippen molar-refractivity contribution in [2.24, 2.45) is 0 Å². The molecule has 0 bridgehead atoms. The van der Waals surface area contributed by atoms with Gasteiger partial charge in [-0.05, 0) is 24.6 Å². The topological polar surface area (TPSA) is 74.2 Å². The van der Waals surface area contributed by atoms with Gasteiger partial charge in [0.05, 0.1) is 0 Å². The van der Waals surface area contributed by atoms with Crippen molar-refractivity contribution < 1.29 is 4.79 Å².